The molecule has 2 nitrogen and oxygen atoms in total. The second kappa shape index (κ2) is 5.29. The minimum absolute atomic E-state index is 0.153. The van der Waals surface area contributed by atoms with E-state index >= 15 is 0 Å². The third kappa shape index (κ3) is 2.94. The first-order valence-corrected chi connectivity index (χ1v) is 7.04. The average molecular weight is 379 g/mol. The van der Waals surface area contributed by atoms with Gasteiger partial charge < -0.3 is 5.32 Å². The van der Waals surface area contributed by atoms with Crippen LogP contribution in [0.2, 0.25) is 0 Å². The number of nitrogens with one attached hydrogen (secondary N) is 1. The van der Waals surface area contributed by atoms with E-state index in [0.717, 1.165) is 3.79 Å². The number of para-hydroxylation sites is 1. The molecule has 0 saturated carbocycles. The monoisotopic (exact) mass is 377 g/mol. The molecule has 17 heavy (non-hydrogen) atoms. The van der Waals surface area contributed by atoms with Crippen molar-refractivity contribution in [2.24, 2.45) is 0 Å². The second-order valence-electron chi connectivity index (χ2n) is 3.19. The largest absolute Gasteiger partial charge is 0.318 e. The van der Waals surface area contributed by atoms with E-state index in [0.29, 0.717) is 10.0 Å². The Morgan fingerprint density at radius 3 is 2.71 bits per heavy atom. The van der Waals surface area contributed by atoms with Crippen molar-refractivity contribution < 1.29 is 9.18 Å². The van der Waals surface area contributed by atoms with Crippen LogP contribution >= 0.6 is 43.2 Å². The molecule has 0 aliphatic heterocycles. The van der Waals surface area contributed by atoms with Crippen LogP contribution in [0.3, 0.4) is 0 Å². The molecule has 0 aliphatic rings. The number of hydrogen-bond donors (Lipinski definition) is 1. The zero-order valence-corrected chi connectivity index (χ0v) is 12.3. The summed E-state index contributed by atoms with van der Waals surface area (Å²) in [6, 6.07) is 6.22. The van der Waals surface area contributed by atoms with Gasteiger partial charge in [-0.25, -0.2) is 4.39 Å². The maximum absolute atomic E-state index is 13.5. The van der Waals surface area contributed by atoms with Gasteiger partial charge in [0.15, 0.2) is 0 Å². The number of rotatable bonds is 2. The standard InChI is InChI=1S/C11H6Br2FNOS/c12-7-2-1-3-8(14)10(7)15-11(16)6-4-9(13)17-5-6/h1-5H,(H,15,16). The van der Waals surface area contributed by atoms with Crippen LogP contribution in [0, 0.1) is 5.82 Å². The normalized spacial score (nSPS) is 10.3. The van der Waals surface area contributed by atoms with E-state index in [4.69, 9.17) is 0 Å². The van der Waals surface area contributed by atoms with Crippen LogP contribution in [-0.4, -0.2) is 5.91 Å². The third-order valence-corrected chi connectivity index (χ3v) is 4.20. The average Bonchev–Trinajstić information content (AvgIpc) is 2.70. The van der Waals surface area contributed by atoms with Crippen molar-refractivity contribution in [3.63, 3.8) is 0 Å². The maximum Gasteiger partial charge on any atom is 0.256 e. The van der Waals surface area contributed by atoms with E-state index in [-0.39, 0.29) is 11.6 Å². The minimum atomic E-state index is -0.470. The molecule has 2 rings (SSSR count). The lowest BCUT2D eigenvalue weighted by molar-refractivity contribution is 0.102. The first kappa shape index (κ1) is 12.7. The van der Waals surface area contributed by atoms with Crippen LogP contribution in [0.4, 0.5) is 10.1 Å². The highest BCUT2D eigenvalue weighted by molar-refractivity contribution is 9.11. The maximum atomic E-state index is 13.5. The van der Waals surface area contributed by atoms with Gasteiger partial charge in [0.2, 0.25) is 0 Å². The fraction of sp³-hybridized carbons (Fsp3) is 0. The van der Waals surface area contributed by atoms with Crippen molar-refractivity contribution in [1.82, 2.24) is 0 Å². The second-order valence-corrected chi connectivity index (χ2v) is 6.34. The van der Waals surface area contributed by atoms with Crippen molar-refractivity contribution >= 4 is 54.8 Å². The zero-order chi connectivity index (χ0) is 12.4. The number of hydrogen-bond acceptors (Lipinski definition) is 2. The SMILES string of the molecule is O=C(Nc1c(F)cccc1Br)c1csc(Br)c1. The number of thiophene rings is 1. The highest BCUT2D eigenvalue weighted by atomic mass is 79.9. The Kier molecular flexibility index (Phi) is 3.96. The highest BCUT2D eigenvalue weighted by Gasteiger charge is 2.13. The molecule has 0 fully saturated rings. The number of anilines is 1. The van der Waals surface area contributed by atoms with Crippen LogP contribution in [0.5, 0.6) is 0 Å². The van der Waals surface area contributed by atoms with Gasteiger partial charge in [-0.05, 0) is 50.1 Å². The topological polar surface area (TPSA) is 29.1 Å². The quantitative estimate of drug-likeness (QED) is 0.808. The van der Waals surface area contributed by atoms with Gasteiger partial charge in [0.05, 0.1) is 15.0 Å². The Balaban J connectivity index is 2.24. The van der Waals surface area contributed by atoms with E-state index < -0.39 is 5.82 Å². The Morgan fingerprint density at radius 1 is 1.35 bits per heavy atom. The Morgan fingerprint density at radius 2 is 2.12 bits per heavy atom. The number of carbonyl (C=O) groups excluding carboxylic acids is 1. The van der Waals surface area contributed by atoms with Crippen LogP contribution < -0.4 is 5.32 Å². The van der Waals surface area contributed by atoms with Gasteiger partial charge in [-0.1, -0.05) is 6.07 Å². The molecule has 0 radical (unpaired) electrons. The number of halogens is 3. The summed E-state index contributed by atoms with van der Waals surface area (Å²) in [6.07, 6.45) is 0. The Labute approximate surface area is 118 Å². The van der Waals surface area contributed by atoms with Crippen LogP contribution in [0.1, 0.15) is 10.4 Å². The van der Waals surface area contributed by atoms with E-state index in [1.165, 1.54) is 17.4 Å². The summed E-state index contributed by atoms with van der Waals surface area (Å²) in [7, 11) is 0. The number of carbonyl (C=O) groups is 1. The van der Waals surface area contributed by atoms with Gasteiger partial charge in [0.25, 0.3) is 5.91 Å². The van der Waals surface area contributed by atoms with E-state index in [1.54, 1.807) is 23.6 Å². The van der Waals surface area contributed by atoms with Gasteiger partial charge >= 0.3 is 0 Å². The predicted octanol–water partition coefficient (Wildman–Crippen LogP) is 4.66. The predicted molar refractivity (Wildman–Crippen MR) is 74.1 cm³/mol. The molecule has 0 atom stereocenters. The van der Waals surface area contributed by atoms with E-state index in [1.807, 2.05) is 0 Å². The summed E-state index contributed by atoms with van der Waals surface area (Å²) < 4.78 is 14.9. The molecule has 0 aliphatic carbocycles. The minimum Gasteiger partial charge on any atom is -0.318 e. The molecule has 6 heteroatoms. The summed E-state index contributed by atoms with van der Waals surface area (Å²) in [6.45, 7) is 0. The summed E-state index contributed by atoms with van der Waals surface area (Å²) in [5.74, 6) is -0.806. The van der Waals surface area contributed by atoms with Crippen molar-refractivity contribution in [3.8, 4) is 0 Å². The lowest BCUT2D eigenvalue weighted by atomic mass is 10.2. The molecule has 0 spiro atoms. The molecular formula is C11H6Br2FNOS. The Bertz CT molecular complexity index is 550. The molecule has 1 aromatic carbocycles. The third-order valence-electron chi connectivity index (χ3n) is 2.03. The molecule has 0 bridgehead atoms. The zero-order valence-electron chi connectivity index (χ0n) is 8.34. The fourth-order valence-corrected chi connectivity index (χ4v) is 2.81. The molecule has 1 heterocycles. The molecule has 88 valence electrons. The summed E-state index contributed by atoms with van der Waals surface area (Å²) in [5, 5.41) is 4.24. The lowest BCUT2D eigenvalue weighted by Crippen LogP contribution is -2.12. The van der Waals surface area contributed by atoms with Gasteiger partial charge in [-0.3, -0.25) is 4.79 Å². The lowest BCUT2D eigenvalue weighted by Gasteiger charge is -2.07. The number of benzene rings is 1. The molecule has 0 unspecified atom stereocenters. The van der Waals surface area contributed by atoms with Crippen LogP contribution in [-0.2, 0) is 0 Å². The highest BCUT2D eigenvalue weighted by Crippen LogP contribution is 2.27. The molecular weight excluding hydrogens is 373 g/mol. The van der Waals surface area contributed by atoms with Gasteiger partial charge in [-0.2, -0.15) is 0 Å². The van der Waals surface area contributed by atoms with Crippen molar-refractivity contribution in [3.05, 3.63) is 49.3 Å². The summed E-state index contributed by atoms with van der Waals surface area (Å²) in [5.41, 5.74) is 0.650. The molecule has 1 amide bonds. The van der Waals surface area contributed by atoms with Gasteiger partial charge in [0.1, 0.15) is 5.82 Å². The Hall–Kier alpha value is -0.720. The van der Waals surface area contributed by atoms with Crippen LogP contribution in [0.15, 0.2) is 37.9 Å². The molecule has 1 N–H and O–H groups in total. The van der Waals surface area contributed by atoms with Crippen LogP contribution in [0.25, 0.3) is 0 Å². The van der Waals surface area contributed by atoms with Gasteiger partial charge in [-0.15, -0.1) is 11.3 Å². The van der Waals surface area contributed by atoms with Gasteiger partial charge in [0, 0.05) is 9.85 Å². The number of amides is 1. The van der Waals surface area contributed by atoms with E-state index in [9.17, 15) is 9.18 Å². The summed E-state index contributed by atoms with van der Waals surface area (Å²) in [4.78, 5) is 11.8. The van der Waals surface area contributed by atoms with Crippen molar-refractivity contribution in [2.45, 2.75) is 0 Å². The first-order valence-electron chi connectivity index (χ1n) is 4.57. The molecule has 2 aromatic rings. The smallest absolute Gasteiger partial charge is 0.256 e. The molecule has 0 saturated heterocycles. The first-order chi connectivity index (χ1) is 8.08. The fourth-order valence-electron chi connectivity index (χ4n) is 1.23. The van der Waals surface area contributed by atoms with E-state index in [2.05, 4.69) is 37.2 Å². The van der Waals surface area contributed by atoms with Crippen molar-refractivity contribution in [2.75, 3.05) is 5.32 Å². The van der Waals surface area contributed by atoms with Crippen molar-refractivity contribution in [1.29, 1.82) is 0 Å². The summed E-state index contributed by atoms with van der Waals surface area (Å²) >= 11 is 7.86. The molecule has 1 aromatic heterocycles.